The van der Waals surface area contributed by atoms with Crippen molar-refractivity contribution < 1.29 is 9.90 Å². The lowest BCUT2D eigenvalue weighted by molar-refractivity contribution is -0.111. The van der Waals surface area contributed by atoms with Crippen molar-refractivity contribution in [2.45, 2.75) is 51.6 Å². The highest BCUT2D eigenvalue weighted by Gasteiger charge is 2.62. The second-order valence-electron chi connectivity index (χ2n) is 8.54. The van der Waals surface area contributed by atoms with Gasteiger partial charge in [0.25, 0.3) is 0 Å². The normalized spacial score (nSPS) is 51.3. The van der Waals surface area contributed by atoms with Crippen molar-refractivity contribution in [2.24, 2.45) is 35.0 Å². The summed E-state index contributed by atoms with van der Waals surface area (Å²) >= 11 is 0. The first-order chi connectivity index (χ1) is 10.9. The number of ketones is 1. The summed E-state index contributed by atoms with van der Waals surface area (Å²) in [5.41, 5.74) is 0.253. The summed E-state index contributed by atoms with van der Waals surface area (Å²) in [4.78, 5) is 11.7. The first-order valence-corrected chi connectivity index (χ1v) is 9.02. The lowest BCUT2D eigenvalue weighted by Crippen LogP contribution is -2.53. The van der Waals surface area contributed by atoms with E-state index in [1.807, 2.05) is 6.08 Å². The number of aliphatic hydroxyl groups is 1. The Morgan fingerprint density at radius 1 is 1.35 bits per heavy atom. The van der Waals surface area contributed by atoms with E-state index in [-0.39, 0.29) is 11.2 Å². The fraction of sp³-hybridized carbons (Fsp3) is 0.667. The van der Waals surface area contributed by atoms with Crippen molar-refractivity contribution in [1.82, 2.24) is 0 Å². The Hall–Kier alpha value is -1.33. The standard InChI is InChI=1S/C21H26O2/c1-4-21(23)10-8-18-19-13(2)11-14-12-15(22)5-6-16(14)17(19)7-9-20(18,21)3/h1,5-6,12-13,16-19,23H,7-11H2,2-3H3/t13-,16?,17?,18?,19?,20+,21+/m1/s1. The number of terminal acetylenes is 1. The summed E-state index contributed by atoms with van der Waals surface area (Å²) in [6.07, 6.45) is 16.4. The van der Waals surface area contributed by atoms with Crippen LogP contribution in [0.2, 0.25) is 0 Å². The van der Waals surface area contributed by atoms with E-state index >= 15 is 0 Å². The molecule has 0 saturated heterocycles. The summed E-state index contributed by atoms with van der Waals surface area (Å²) < 4.78 is 0. The number of allylic oxidation sites excluding steroid dienone is 4. The molecule has 0 aromatic rings. The first-order valence-electron chi connectivity index (χ1n) is 9.02. The molecule has 2 heteroatoms. The van der Waals surface area contributed by atoms with E-state index in [0.717, 1.165) is 32.1 Å². The highest BCUT2D eigenvalue weighted by Crippen LogP contribution is 2.65. The van der Waals surface area contributed by atoms with E-state index in [9.17, 15) is 9.90 Å². The molecule has 4 aliphatic carbocycles. The van der Waals surface area contributed by atoms with Gasteiger partial charge >= 0.3 is 0 Å². The van der Waals surface area contributed by atoms with Crippen LogP contribution in [-0.2, 0) is 4.79 Å². The third kappa shape index (κ3) is 1.89. The predicted molar refractivity (Wildman–Crippen MR) is 90.3 cm³/mol. The zero-order chi connectivity index (χ0) is 16.4. The summed E-state index contributed by atoms with van der Waals surface area (Å²) in [5, 5.41) is 11.0. The summed E-state index contributed by atoms with van der Waals surface area (Å²) in [7, 11) is 0. The molecule has 3 fully saturated rings. The Morgan fingerprint density at radius 3 is 2.87 bits per heavy atom. The monoisotopic (exact) mass is 310 g/mol. The molecule has 0 spiro atoms. The number of carbonyl (C=O) groups excluding carboxylic acids is 1. The molecule has 0 aromatic heterocycles. The van der Waals surface area contributed by atoms with Gasteiger partial charge in [0.1, 0.15) is 5.60 Å². The molecule has 2 nitrogen and oxygen atoms in total. The van der Waals surface area contributed by atoms with Crippen LogP contribution in [0.15, 0.2) is 23.8 Å². The second-order valence-corrected chi connectivity index (χ2v) is 8.54. The number of rotatable bonds is 0. The van der Waals surface area contributed by atoms with Crippen molar-refractivity contribution in [3.05, 3.63) is 23.8 Å². The van der Waals surface area contributed by atoms with Crippen LogP contribution >= 0.6 is 0 Å². The summed E-state index contributed by atoms with van der Waals surface area (Å²) in [6, 6.07) is 0. The van der Waals surface area contributed by atoms with Crippen LogP contribution in [0.4, 0.5) is 0 Å². The van der Waals surface area contributed by atoms with Gasteiger partial charge in [-0.1, -0.05) is 31.4 Å². The van der Waals surface area contributed by atoms with E-state index in [0.29, 0.717) is 29.6 Å². The lowest BCUT2D eigenvalue weighted by atomic mass is 9.49. The molecule has 122 valence electrons. The van der Waals surface area contributed by atoms with Gasteiger partial charge in [-0.2, -0.15) is 0 Å². The lowest BCUT2D eigenvalue weighted by Gasteiger charge is -2.56. The Labute approximate surface area is 139 Å². The van der Waals surface area contributed by atoms with Gasteiger partial charge < -0.3 is 5.11 Å². The van der Waals surface area contributed by atoms with Crippen LogP contribution < -0.4 is 0 Å². The van der Waals surface area contributed by atoms with Gasteiger partial charge in [-0.15, -0.1) is 6.42 Å². The maximum absolute atomic E-state index is 11.7. The molecular weight excluding hydrogens is 284 g/mol. The molecule has 1 N–H and O–H groups in total. The highest BCUT2D eigenvalue weighted by atomic mass is 16.3. The molecule has 3 saturated carbocycles. The van der Waals surface area contributed by atoms with Gasteiger partial charge in [0, 0.05) is 11.3 Å². The van der Waals surface area contributed by atoms with Gasteiger partial charge in [0.2, 0.25) is 0 Å². The summed E-state index contributed by atoms with van der Waals surface area (Å²) in [6.45, 7) is 4.55. The van der Waals surface area contributed by atoms with Gasteiger partial charge in [-0.05, 0) is 67.9 Å². The van der Waals surface area contributed by atoms with E-state index in [1.165, 1.54) is 5.57 Å². The Morgan fingerprint density at radius 2 is 2.13 bits per heavy atom. The van der Waals surface area contributed by atoms with Crippen molar-refractivity contribution >= 4 is 5.78 Å². The molecule has 0 radical (unpaired) electrons. The molecule has 7 atom stereocenters. The zero-order valence-corrected chi connectivity index (χ0v) is 14.1. The fourth-order valence-electron chi connectivity index (χ4n) is 6.49. The van der Waals surface area contributed by atoms with Crippen LogP contribution in [0.3, 0.4) is 0 Å². The minimum absolute atomic E-state index is 0.144. The number of carbonyl (C=O) groups is 1. The van der Waals surface area contributed by atoms with Gasteiger partial charge in [0.15, 0.2) is 5.78 Å². The second kappa shape index (κ2) is 4.84. The van der Waals surface area contributed by atoms with Gasteiger partial charge in [-0.25, -0.2) is 0 Å². The molecule has 4 aliphatic rings. The van der Waals surface area contributed by atoms with Crippen molar-refractivity contribution in [3.8, 4) is 12.3 Å². The fourth-order valence-corrected chi connectivity index (χ4v) is 6.49. The average Bonchev–Trinajstić information content (AvgIpc) is 2.79. The number of fused-ring (bicyclic) bond motifs is 5. The third-order valence-corrected chi connectivity index (χ3v) is 7.67. The number of hydrogen-bond donors (Lipinski definition) is 1. The average molecular weight is 310 g/mol. The van der Waals surface area contributed by atoms with E-state index in [2.05, 4.69) is 25.8 Å². The number of hydrogen-bond acceptors (Lipinski definition) is 2. The Balaban J connectivity index is 1.71. The quantitative estimate of drug-likeness (QED) is 0.695. The molecule has 0 heterocycles. The van der Waals surface area contributed by atoms with Gasteiger partial charge in [-0.3, -0.25) is 4.79 Å². The van der Waals surface area contributed by atoms with Crippen LogP contribution in [0, 0.1) is 47.3 Å². The van der Waals surface area contributed by atoms with Crippen molar-refractivity contribution in [2.75, 3.05) is 0 Å². The molecule has 0 aromatic carbocycles. The summed E-state index contributed by atoms with van der Waals surface area (Å²) in [5.74, 6) is 5.59. The predicted octanol–water partition coefficient (Wildman–Crippen LogP) is 3.51. The maximum atomic E-state index is 11.7. The highest BCUT2D eigenvalue weighted by molar-refractivity contribution is 6.00. The zero-order valence-electron chi connectivity index (χ0n) is 14.1. The largest absolute Gasteiger partial charge is 0.377 e. The van der Waals surface area contributed by atoms with E-state index < -0.39 is 5.60 Å². The third-order valence-electron chi connectivity index (χ3n) is 7.67. The van der Waals surface area contributed by atoms with Crippen molar-refractivity contribution in [3.63, 3.8) is 0 Å². The molecule has 4 rings (SSSR count). The van der Waals surface area contributed by atoms with Gasteiger partial charge in [0.05, 0.1) is 0 Å². The molecular formula is C21H26O2. The molecule has 4 unspecified atom stereocenters. The van der Waals surface area contributed by atoms with Crippen molar-refractivity contribution in [1.29, 1.82) is 0 Å². The minimum Gasteiger partial charge on any atom is -0.377 e. The van der Waals surface area contributed by atoms with E-state index in [4.69, 9.17) is 6.42 Å². The molecule has 0 bridgehead atoms. The van der Waals surface area contributed by atoms with Crippen LogP contribution in [-0.4, -0.2) is 16.5 Å². The SMILES string of the molecule is C#C[C@]1(O)CCC2C3C(CC[C@@]21C)C1C=CC(=O)C=C1C[C@H]3C. The smallest absolute Gasteiger partial charge is 0.178 e. The molecule has 23 heavy (non-hydrogen) atoms. The minimum atomic E-state index is -0.934. The Kier molecular flexibility index (Phi) is 3.20. The first kappa shape index (κ1) is 15.2. The Bertz CT molecular complexity index is 651. The molecule has 0 amide bonds. The topological polar surface area (TPSA) is 37.3 Å². The molecule has 0 aliphatic heterocycles. The maximum Gasteiger partial charge on any atom is 0.178 e. The van der Waals surface area contributed by atoms with E-state index in [1.54, 1.807) is 6.08 Å². The van der Waals surface area contributed by atoms with Crippen LogP contribution in [0.5, 0.6) is 0 Å². The van der Waals surface area contributed by atoms with Crippen LogP contribution in [0.1, 0.15) is 46.0 Å². The van der Waals surface area contributed by atoms with Crippen LogP contribution in [0.25, 0.3) is 0 Å².